The van der Waals surface area contributed by atoms with Crippen LogP contribution in [-0.4, -0.2) is 16.3 Å². The van der Waals surface area contributed by atoms with Gasteiger partial charge in [0.05, 0.1) is 16.2 Å². The van der Waals surface area contributed by atoms with E-state index in [1.807, 2.05) is 30.3 Å². The van der Waals surface area contributed by atoms with E-state index in [4.69, 9.17) is 28.2 Å². The number of hydrogen-bond donors (Lipinski definition) is 2. The Morgan fingerprint density at radius 1 is 1.21 bits per heavy atom. The number of furan rings is 1. The number of nitro benzene ring substituents is 1. The third-order valence-electron chi connectivity index (χ3n) is 3.71. The molecule has 0 spiro atoms. The second-order valence-electron chi connectivity index (χ2n) is 5.66. The van der Waals surface area contributed by atoms with E-state index in [0.717, 1.165) is 5.56 Å². The zero-order chi connectivity index (χ0) is 19.9. The minimum absolute atomic E-state index is 0.0807. The van der Waals surface area contributed by atoms with Gasteiger partial charge in [0.15, 0.2) is 5.11 Å². The van der Waals surface area contributed by atoms with Crippen LogP contribution in [0.4, 0.5) is 5.69 Å². The van der Waals surface area contributed by atoms with Crippen LogP contribution < -0.4 is 10.7 Å². The highest BCUT2D eigenvalue weighted by Crippen LogP contribution is 2.31. The number of non-ortho nitro benzene ring substituents is 1. The van der Waals surface area contributed by atoms with Gasteiger partial charge in [0.25, 0.3) is 5.69 Å². The summed E-state index contributed by atoms with van der Waals surface area (Å²) >= 11 is 11.3. The molecule has 0 amide bonds. The van der Waals surface area contributed by atoms with Gasteiger partial charge in [-0.3, -0.25) is 15.5 Å². The standard InChI is InChI=1S/C19H15ClN4O3S/c20-17-10-14(24(25)26)6-8-16(17)18-9-7-15(27-18)12-22-23-19(28)21-11-13-4-2-1-3-5-13/h1-10,12H,11H2,(H2,21,23,28)/b22-12-. The number of halogens is 1. The predicted molar refractivity (Wildman–Crippen MR) is 112 cm³/mol. The van der Waals surface area contributed by atoms with Crippen LogP contribution in [0.15, 0.2) is 70.2 Å². The van der Waals surface area contributed by atoms with Gasteiger partial charge in [0.1, 0.15) is 11.5 Å². The summed E-state index contributed by atoms with van der Waals surface area (Å²) < 4.78 is 5.65. The summed E-state index contributed by atoms with van der Waals surface area (Å²) in [7, 11) is 0. The Kier molecular flexibility index (Phi) is 6.36. The van der Waals surface area contributed by atoms with E-state index < -0.39 is 4.92 Å². The maximum atomic E-state index is 10.8. The van der Waals surface area contributed by atoms with Crippen molar-refractivity contribution in [1.29, 1.82) is 0 Å². The first-order valence-corrected chi connectivity index (χ1v) is 8.96. The van der Waals surface area contributed by atoms with Gasteiger partial charge in [-0.15, -0.1) is 0 Å². The Balaban J connectivity index is 1.57. The van der Waals surface area contributed by atoms with E-state index in [2.05, 4.69) is 15.8 Å². The molecule has 2 N–H and O–H groups in total. The Hall–Kier alpha value is -3.23. The van der Waals surface area contributed by atoms with E-state index in [-0.39, 0.29) is 10.7 Å². The van der Waals surface area contributed by atoms with E-state index >= 15 is 0 Å². The van der Waals surface area contributed by atoms with Gasteiger partial charge in [0.2, 0.25) is 0 Å². The maximum Gasteiger partial charge on any atom is 0.270 e. The summed E-state index contributed by atoms with van der Waals surface area (Å²) in [5.74, 6) is 0.953. The summed E-state index contributed by atoms with van der Waals surface area (Å²) in [6.45, 7) is 0.589. The molecule has 2 aromatic carbocycles. The molecule has 0 saturated carbocycles. The van der Waals surface area contributed by atoms with Gasteiger partial charge in [-0.1, -0.05) is 41.9 Å². The molecule has 0 atom stereocenters. The van der Waals surface area contributed by atoms with Crippen LogP contribution in [0.2, 0.25) is 5.02 Å². The molecule has 1 aromatic heterocycles. The number of rotatable bonds is 6. The topological polar surface area (TPSA) is 92.7 Å². The maximum absolute atomic E-state index is 10.8. The molecule has 9 heteroatoms. The Morgan fingerprint density at radius 2 is 2.00 bits per heavy atom. The molecule has 3 aromatic rings. The number of hydrazone groups is 1. The molecule has 0 aliphatic rings. The minimum atomic E-state index is -0.504. The highest BCUT2D eigenvalue weighted by atomic mass is 35.5. The lowest BCUT2D eigenvalue weighted by molar-refractivity contribution is -0.384. The molecule has 0 saturated heterocycles. The van der Waals surface area contributed by atoms with Crippen molar-refractivity contribution in [3.8, 4) is 11.3 Å². The molecular weight excluding hydrogens is 400 g/mol. The minimum Gasteiger partial charge on any atom is -0.455 e. The van der Waals surface area contributed by atoms with Crippen LogP contribution in [0.1, 0.15) is 11.3 Å². The number of nitrogens with zero attached hydrogens (tertiary/aromatic N) is 2. The lowest BCUT2D eigenvalue weighted by Gasteiger charge is -2.06. The molecule has 0 bridgehead atoms. The average molecular weight is 415 g/mol. The zero-order valence-electron chi connectivity index (χ0n) is 14.5. The molecule has 1 heterocycles. The molecular formula is C19H15ClN4O3S. The predicted octanol–water partition coefficient (Wildman–Crippen LogP) is 4.51. The van der Waals surface area contributed by atoms with Crippen molar-refractivity contribution < 1.29 is 9.34 Å². The van der Waals surface area contributed by atoms with Crippen molar-refractivity contribution in [1.82, 2.24) is 10.7 Å². The zero-order valence-corrected chi connectivity index (χ0v) is 16.0. The Bertz CT molecular complexity index is 1020. The van der Waals surface area contributed by atoms with Crippen LogP contribution in [0.5, 0.6) is 0 Å². The van der Waals surface area contributed by atoms with Crippen molar-refractivity contribution in [3.05, 3.63) is 87.1 Å². The molecule has 0 radical (unpaired) electrons. The molecule has 0 unspecified atom stereocenters. The summed E-state index contributed by atoms with van der Waals surface area (Å²) in [6.07, 6.45) is 1.47. The first kappa shape index (κ1) is 19.5. The monoisotopic (exact) mass is 414 g/mol. The third-order valence-corrected chi connectivity index (χ3v) is 4.26. The normalized spacial score (nSPS) is 10.8. The smallest absolute Gasteiger partial charge is 0.270 e. The lowest BCUT2D eigenvalue weighted by Crippen LogP contribution is -2.31. The SMILES string of the molecule is O=[N+]([O-])c1ccc(-c2ccc(/C=N\NC(=S)NCc3ccccc3)o2)c(Cl)c1. The van der Waals surface area contributed by atoms with E-state index in [9.17, 15) is 10.1 Å². The molecule has 7 nitrogen and oxygen atoms in total. The van der Waals surface area contributed by atoms with Crippen molar-refractivity contribution in [2.24, 2.45) is 5.10 Å². The van der Waals surface area contributed by atoms with Crippen LogP contribution in [0.3, 0.4) is 0 Å². The lowest BCUT2D eigenvalue weighted by atomic mass is 10.1. The van der Waals surface area contributed by atoms with Crippen LogP contribution >= 0.6 is 23.8 Å². The fraction of sp³-hybridized carbons (Fsp3) is 0.0526. The molecule has 0 aliphatic carbocycles. The molecule has 28 heavy (non-hydrogen) atoms. The van der Waals surface area contributed by atoms with Crippen LogP contribution in [-0.2, 0) is 6.54 Å². The molecule has 142 valence electrons. The van der Waals surface area contributed by atoms with E-state index in [1.54, 1.807) is 18.2 Å². The summed E-state index contributed by atoms with van der Waals surface area (Å²) in [4.78, 5) is 10.3. The third kappa shape index (κ3) is 5.15. The number of thiocarbonyl (C=S) groups is 1. The first-order valence-electron chi connectivity index (χ1n) is 8.18. The summed E-state index contributed by atoms with van der Waals surface area (Å²) in [5.41, 5.74) is 4.29. The van der Waals surface area contributed by atoms with Gasteiger partial charge in [-0.25, -0.2) is 0 Å². The first-order chi connectivity index (χ1) is 13.5. The quantitative estimate of drug-likeness (QED) is 0.267. The van der Waals surface area contributed by atoms with Gasteiger partial charge >= 0.3 is 0 Å². The molecule has 3 rings (SSSR count). The van der Waals surface area contributed by atoms with E-state index in [0.29, 0.717) is 28.7 Å². The highest BCUT2D eigenvalue weighted by Gasteiger charge is 2.13. The van der Waals surface area contributed by atoms with Gasteiger partial charge < -0.3 is 9.73 Å². The van der Waals surface area contributed by atoms with Crippen LogP contribution in [0, 0.1) is 10.1 Å². The van der Waals surface area contributed by atoms with Gasteiger partial charge in [0, 0.05) is 24.2 Å². The second-order valence-corrected chi connectivity index (χ2v) is 6.48. The summed E-state index contributed by atoms with van der Waals surface area (Å²) in [5, 5.41) is 18.5. The van der Waals surface area contributed by atoms with Gasteiger partial charge in [-0.05, 0) is 36.0 Å². The van der Waals surface area contributed by atoms with Crippen molar-refractivity contribution in [3.63, 3.8) is 0 Å². The van der Waals surface area contributed by atoms with Crippen molar-refractivity contribution in [2.45, 2.75) is 6.54 Å². The van der Waals surface area contributed by atoms with E-state index in [1.165, 1.54) is 18.3 Å². The van der Waals surface area contributed by atoms with Gasteiger partial charge in [-0.2, -0.15) is 5.10 Å². The average Bonchev–Trinajstić information content (AvgIpc) is 3.15. The fourth-order valence-corrected chi connectivity index (χ4v) is 2.75. The number of nitro groups is 1. The second kappa shape index (κ2) is 9.12. The number of nitrogens with one attached hydrogen (secondary N) is 2. The molecule has 0 fully saturated rings. The number of hydrogen-bond acceptors (Lipinski definition) is 5. The van der Waals surface area contributed by atoms with Crippen molar-refractivity contribution >= 4 is 40.8 Å². The van der Waals surface area contributed by atoms with Crippen molar-refractivity contribution in [2.75, 3.05) is 0 Å². The molecule has 0 aliphatic heterocycles. The highest BCUT2D eigenvalue weighted by molar-refractivity contribution is 7.80. The Morgan fingerprint density at radius 3 is 2.71 bits per heavy atom. The summed E-state index contributed by atoms with van der Waals surface area (Å²) in [6, 6.07) is 17.5. The largest absolute Gasteiger partial charge is 0.455 e. The fourth-order valence-electron chi connectivity index (χ4n) is 2.36. The number of benzene rings is 2. The Labute approximate surface area is 171 Å². The van der Waals surface area contributed by atoms with Crippen LogP contribution in [0.25, 0.3) is 11.3 Å².